The number of unbranched alkanes of at least 4 members (excludes halogenated alkanes) is 25. The van der Waals surface area contributed by atoms with Crippen LogP contribution in [0.5, 0.6) is 0 Å². The van der Waals surface area contributed by atoms with Gasteiger partial charge in [-0.05, 0) is 31.6 Å². The van der Waals surface area contributed by atoms with E-state index in [9.17, 15) is 38.4 Å². The zero-order valence-corrected chi connectivity index (χ0v) is 51.1. The molecule has 9 atom stereocenters. The molecule has 80 heavy (non-hydrogen) atoms. The van der Waals surface area contributed by atoms with Gasteiger partial charge < -0.3 is 48.5 Å². The van der Waals surface area contributed by atoms with Crippen molar-refractivity contribution in [3.63, 3.8) is 0 Å². The summed E-state index contributed by atoms with van der Waals surface area (Å²) in [6.07, 6.45) is 27.1. The minimum atomic E-state index is -1.58. The van der Waals surface area contributed by atoms with Gasteiger partial charge in [-0.25, -0.2) is 0 Å². The molecule has 1 saturated heterocycles. The molecule has 1 heterocycles. The minimum absolute atomic E-state index is 0.0600. The SMILES string of the molecule is CCCCCCCCCCCCCCCCCCCCC(OC(C)=O)C(=O)NC(COC1OC(COC(C)=O)C(OC(C)=O)C(OC(C)=O)C1NC(C)=O)C(OC(C)=O)C(CC=CCCCCCCCCCCC(C)C)OC(C)=O. The number of allylic oxidation sites excluding steroid dienone is 1. The molecule has 18 heteroatoms. The van der Waals surface area contributed by atoms with Crippen LogP contribution in [-0.2, 0) is 76.3 Å². The quantitative estimate of drug-likeness (QED) is 0.0249. The van der Waals surface area contributed by atoms with E-state index < -0.39 is 116 Å². The molecule has 1 rings (SSSR count). The first-order chi connectivity index (χ1) is 38.2. The first kappa shape index (κ1) is 73.4. The van der Waals surface area contributed by atoms with E-state index in [2.05, 4.69) is 31.4 Å². The van der Waals surface area contributed by atoms with Crippen LogP contribution >= 0.6 is 0 Å². The molecule has 2 N–H and O–H groups in total. The molecule has 1 fully saturated rings. The number of hydrogen-bond acceptors (Lipinski definition) is 16. The van der Waals surface area contributed by atoms with Gasteiger partial charge in [-0.2, -0.15) is 0 Å². The van der Waals surface area contributed by atoms with E-state index in [0.717, 1.165) is 85.0 Å². The number of carbonyl (C=O) groups excluding carboxylic acids is 8. The average Bonchev–Trinajstić information content (AvgIpc) is 3.39. The highest BCUT2D eigenvalue weighted by atomic mass is 16.7. The highest BCUT2D eigenvalue weighted by Gasteiger charge is 2.52. The third-order valence-corrected chi connectivity index (χ3v) is 14.1. The Morgan fingerprint density at radius 3 is 1.43 bits per heavy atom. The molecule has 1 aliphatic heterocycles. The topological polar surface area (TPSA) is 234 Å². The van der Waals surface area contributed by atoms with Gasteiger partial charge in [0.15, 0.2) is 30.7 Å². The second kappa shape index (κ2) is 46.0. The average molecular weight is 1140 g/mol. The number of hydrogen-bond donors (Lipinski definition) is 2. The lowest BCUT2D eigenvalue weighted by atomic mass is 9.95. The van der Waals surface area contributed by atoms with E-state index in [0.29, 0.717) is 6.42 Å². The molecule has 1 aliphatic rings. The van der Waals surface area contributed by atoms with E-state index in [4.69, 9.17) is 37.9 Å². The van der Waals surface area contributed by atoms with Crippen molar-refractivity contribution >= 4 is 47.6 Å². The Balaban J connectivity index is 3.39. The fourth-order valence-electron chi connectivity index (χ4n) is 10.1. The van der Waals surface area contributed by atoms with Gasteiger partial charge in [0.2, 0.25) is 5.91 Å². The summed E-state index contributed by atoms with van der Waals surface area (Å²) in [6.45, 7) is 13.8. The van der Waals surface area contributed by atoms with Crippen molar-refractivity contribution in [3.05, 3.63) is 12.2 Å². The second-order valence-electron chi connectivity index (χ2n) is 22.3. The van der Waals surface area contributed by atoms with Crippen LogP contribution < -0.4 is 10.6 Å². The Kier molecular flexibility index (Phi) is 42.2. The lowest BCUT2D eigenvalue weighted by Crippen LogP contribution is -2.67. The zero-order chi connectivity index (χ0) is 59.5. The Morgan fingerprint density at radius 1 is 0.512 bits per heavy atom. The first-order valence-corrected chi connectivity index (χ1v) is 30.7. The van der Waals surface area contributed by atoms with E-state index in [1.54, 1.807) is 0 Å². The number of amides is 2. The van der Waals surface area contributed by atoms with Crippen LogP contribution in [0, 0.1) is 5.92 Å². The molecule has 462 valence electrons. The van der Waals surface area contributed by atoms with Crippen molar-refractivity contribution in [1.82, 2.24) is 10.6 Å². The van der Waals surface area contributed by atoms with Gasteiger partial charge >= 0.3 is 35.8 Å². The fourth-order valence-corrected chi connectivity index (χ4v) is 10.1. The molecule has 0 aromatic rings. The van der Waals surface area contributed by atoms with Gasteiger partial charge in [-0.3, -0.25) is 38.4 Å². The summed E-state index contributed by atoms with van der Waals surface area (Å²) in [7, 11) is 0. The Labute approximate surface area is 481 Å². The number of esters is 6. The van der Waals surface area contributed by atoms with Crippen LogP contribution in [0.15, 0.2) is 12.2 Å². The van der Waals surface area contributed by atoms with Gasteiger partial charge in [0.05, 0.1) is 12.6 Å². The fraction of sp³-hybridized carbons (Fsp3) is 0.839. The maximum absolute atomic E-state index is 14.5. The third kappa shape index (κ3) is 37.4. The van der Waals surface area contributed by atoms with E-state index in [1.807, 2.05) is 12.2 Å². The molecular weight excluding hydrogens is 1030 g/mol. The molecule has 0 bridgehead atoms. The Hall–Kier alpha value is -4.58. The summed E-state index contributed by atoms with van der Waals surface area (Å²) < 4.78 is 46.4. The van der Waals surface area contributed by atoms with Crippen molar-refractivity contribution in [2.24, 2.45) is 5.92 Å². The Morgan fingerprint density at radius 2 is 0.975 bits per heavy atom. The van der Waals surface area contributed by atoms with E-state index >= 15 is 0 Å². The minimum Gasteiger partial charge on any atom is -0.463 e. The standard InChI is InChI=1S/C62H108N2O16/c1-11-12-13-14-15-16-17-18-19-20-21-22-23-26-30-33-36-39-42-55(76-49(7)68)61(72)64-53(43-74-62-57(63-46(4)65)60(79-52(10)71)59(78-51(9)70)56(80-62)44-73-47(5)66)58(77-50(8)69)54(75-48(6)67)41-38-35-32-29-27-24-25-28-31-34-37-40-45(2)3/h35,38,45,53-60,62H,11-34,36-37,39-44H2,1-10H3,(H,63,65)(H,64,72). The van der Waals surface area contributed by atoms with Crippen LogP contribution in [0.4, 0.5) is 0 Å². The van der Waals surface area contributed by atoms with Crippen molar-refractivity contribution in [2.45, 2.75) is 317 Å². The number of ether oxygens (including phenoxy) is 8. The first-order valence-electron chi connectivity index (χ1n) is 30.7. The van der Waals surface area contributed by atoms with Crippen LogP contribution in [0.3, 0.4) is 0 Å². The second-order valence-corrected chi connectivity index (χ2v) is 22.3. The summed E-state index contributed by atoms with van der Waals surface area (Å²) in [4.78, 5) is 103. The van der Waals surface area contributed by atoms with E-state index in [1.165, 1.54) is 143 Å². The van der Waals surface area contributed by atoms with Crippen LogP contribution in [0.25, 0.3) is 0 Å². The normalized spacial score (nSPS) is 18.6. The predicted octanol–water partition coefficient (Wildman–Crippen LogP) is 11.9. The maximum atomic E-state index is 14.5. The molecule has 0 aromatic heterocycles. The summed E-state index contributed by atoms with van der Waals surface area (Å²) in [5.41, 5.74) is 0. The zero-order valence-electron chi connectivity index (χ0n) is 51.1. The molecule has 9 unspecified atom stereocenters. The van der Waals surface area contributed by atoms with Crippen LogP contribution in [0.2, 0.25) is 0 Å². The number of rotatable bonds is 47. The smallest absolute Gasteiger partial charge is 0.303 e. The lowest BCUT2D eigenvalue weighted by molar-refractivity contribution is -0.280. The number of carbonyl (C=O) groups is 8. The molecule has 0 spiro atoms. The highest BCUT2D eigenvalue weighted by molar-refractivity contribution is 5.83. The molecule has 2 amide bonds. The summed E-state index contributed by atoms with van der Waals surface area (Å²) in [6, 6.07) is -2.74. The van der Waals surface area contributed by atoms with Gasteiger partial charge in [-0.15, -0.1) is 0 Å². The predicted molar refractivity (Wildman–Crippen MR) is 307 cm³/mol. The molecule has 0 saturated carbocycles. The van der Waals surface area contributed by atoms with Crippen molar-refractivity contribution in [2.75, 3.05) is 13.2 Å². The molecule has 0 aromatic carbocycles. The summed E-state index contributed by atoms with van der Waals surface area (Å²) in [5.74, 6) is -5.12. The van der Waals surface area contributed by atoms with Crippen LogP contribution in [0.1, 0.15) is 262 Å². The van der Waals surface area contributed by atoms with Crippen molar-refractivity contribution < 1.29 is 76.3 Å². The Bertz CT molecular complexity index is 1770. The van der Waals surface area contributed by atoms with Crippen LogP contribution in [-0.4, -0.2) is 116 Å². The van der Waals surface area contributed by atoms with Gasteiger partial charge in [0.25, 0.3) is 5.91 Å². The number of nitrogens with one attached hydrogen (secondary N) is 2. The molecular formula is C62H108N2O16. The van der Waals surface area contributed by atoms with Crippen molar-refractivity contribution in [1.29, 1.82) is 0 Å². The van der Waals surface area contributed by atoms with Gasteiger partial charge in [-0.1, -0.05) is 193 Å². The van der Waals surface area contributed by atoms with E-state index in [-0.39, 0.29) is 12.8 Å². The largest absolute Gasteiger partial charge is 0.463 e. The third-order valence-electron chi connectivity index (χ3n) is 14.1. The summed E-state index contributed by atoms with van der Waals surface area (Å²) in [5, 5.41) is 5.52. The van der Waals surface area contributed by atoms with Gasteiger partial charge in [0, 0.05) is 54.9 Å². The summed E-state index contributed by atoms with van der Waals surface area (Å²) >= 11 is 0. The van der Waals surface area contributed by atoms with Gasteiger partial charge in [0.1, 0.15) is 24.9 Å². The molecule has 0 aliphatic carbocycles. The molecule has 18 nitrogen and oxygen atoms in total. The molecule has 0 radical (unpaired) electrons. The monoisotopic (exact) mass is 1140 g/mol. The maximum Gasteiger partial charge on any atom is 0.303 e. The highest BCUT2D eigenvalue weighted by Crippen LogP contribution is 2.29. The lowest BCUT2D eigenvalue weighted by Gasteiger charge is -2.45. The van der Waals surface area contributed by atoms with Crippen molar-refractivity contribution in [3.8, 4) is 0 Å².